The first-order chi connectivity index (χ1) is 10.2. The third kappa shape index (κ3) is 2.69. The number of benzene rings is 1. The second kappa shape index (κ2) is 5.69. The molecule has 3 rings (SSSR count). The molecule has 0 fully saturated rings. The van der Waals surface area contributed by atoms with Crippen molar-refractivity contribution in [3.63, 3.8) is 0 Å². The molecule has 1 unspecified atom stereocenters. The van der Waals surface area contributed by atoms with E-state index in [1.165, 1.54) is 0 Å². The number of nitrogens with zero attached hydrogens (tertiary/aromatic N) is 2. The molecule has 3 aromatic rings. The van der Waals surface area contributed by atoms with Crippen LogP contribution < -0.4 is 4.74 Å². The largest absolute Gasteiger partial charge is 0.491 e. The fourth-order valence-corrected chi connectivity index (χ4v) is 2.54. The molecule has 0 amide bonds. The molecule has 0 saturated carbocycles. The third-order valence-corrected chi connectivity index (χ3v) is 3.76. The lowest BCUT2D eigenvalue weighted by Gasteiger charge is -2.13. The van der Waals surface area contributed by atoms with E-state index in [1.807, 2.05) is 34.9 Å². The van der Waals surface area contributed by atoms with Gasteiger partial charge in [-0.05, 0) is 43.8 Å². The summed E-state index contributed by atoms with van der Waals surface area (Å²) in [7, 11) is 0. The number of H-pyrrole nitrogens is 1. The molecule has 0 radical (unpaired) electrons. The fourth-order valence-electron chi connectivity index (χ4n) is 2.23. The number of rotatable bonds is 4. The number of aromatic amines is 1. The Hall–Kier alpha value is -2.14. The average molecular weight is 299 g/mol. The standard InChI is InChI=1S/C16H17N3OS/c1-3-11(2)20-13-6-4-5-12(9-13)19-15-7-8-17-10-14(15)18-16(19)21/h4-11H,3H2,1-2H3,(H,18,21). The second-order valence-corrected chi connectivity index (χ2v) is 5.38. The van der Waals surface area contributed by atoms with Crippen molar-refractivity contribution in [1.29, 1.82) is 0 Å². The number of imidazole rings is 1. The van der Waals surface area contributed by atoms with E-state index in [9.17, 15) is 0 Å². The van der Waals surface area contributed by atoms with Gasteiger partial charge in [-0.2, -0.15) is 0 Å². The van der Waals surface area contributed by atoms with Gasteiger partial charge in [-0.25, -0.2) is 0 Å². The van der Waals surface area contributed by atoms with Crippen LogP contribution >= 0.6 is 12.2 Å². The van der Waals surface area contributed by atoms with Crippen molar-refractivity contribution in [1.82, 2.24) is 14.5 Å². The van der Waals surface area contributed by atoms with Gasteiger partial charge in [0, 0.05) is 12.3 Å². The number of ether oxygens (including phenoxy) is 1. The maximum absolute atomic E-state index is 5.88. The summed E-state index contributed by atoms with van der Waals surface area (Å²) < 4.78 is 8.53. The maximum atomic E-state index is 5.88. The molecule has 0 saturated heterocycles. The van der Waals surface area contributed by atoms with E-state index in [-0.39, 0.29) is 6.10 Å². The smallest absolute Gasteiger partial charge is 0.182 e. The van der Waals surface area contributed by atoms with Crippen molar-refractivity contribution in [2.45, 2.75) is 26.4 Å². The summed E-state index contributed by atoms with van der Waals surface area (Å²) in [6, 6.07) is 9.93. The highest BCUT2D eigenvalue weighted by atomic mass is 32.1. The Labute approximate surface area is 128 Å². The minimum atomic E-state index is 0.195. The van der Waals surface area contributed by atoms with E-state index in [2.05, 4.69) is 23.8 Å². The molecule has 0 spiro atoms. The topological polar surface area (TPSA) is 42.8 Å². The number of fused-ring (bicyclic) bond motifs is 1. The maximum Gasteiger partial charge on any atom is 0.182 e. The number of hydrogen-bond donors (Lipinski definition) is 1. The summed E-state index contributed by atoms with van der Waals surface area (Å²) in [6.07, 6.45) is 4.71. The monoisotopic (exact) mass is 299 g/mol. The normalized spacial score (nSPS) is 12.5. The third-order valence-electron chi connectivity index (χ3n) is 3.47. The minimum Gasteiger partial charge on any atom is -0.491 e. The molecule has 2 aromatic heterocycles. The van der Waals surface area contributed by atoms with Crippen molar-refractivity contribution in [3.8, 4) is 11.4 Å². The molecule has 21 heavy (non-hydrogen) atoms. The molecule has 4 nitrogen and oxygen atoms in total. The van der Waals surface area contributed by atoms with Gasteiger partial charge in [0.2, 0.25) is 0 Å². The van der Waals surface area contributed by atoms with Crippen LogP contribution in [0.3, 0.4) is 0 Å². The van der Waals surface area contributed by atoms with Crippen LogP contribution in [0.2, 0.25) is 0 Å². The molecule has 0 aliphatic rings. The Balaban J connectivity index is 2.09. The Kier molecular flexibility index (Phi) is 3.75. The van der Waals surface area contributed by atoms with E-state index in [0.29, 0.717) is 4.77 Å². The Morgan fingerprint density at radius 2 is 2.24 bits per heavy atom. The lowest BCUT2D eigenvalue weighted by atomic mass is 10.2. The molecule has 1 N–H and O–H groups in total. The van der Waals surface area contributed by atoms with E-state index >= 15 is 0 Å². The van der Waals surface area contributed by atoms with Crippen molar-refractivity contribution in [3.05, 3.63) is 47.5 Å². The molecular formula is C16H17N3OS. The summed E-state index contributed by atoms with van der Waals surface area (Å²) in [6.45, 7) is 4.17. The predicted octanol–water partition coefficient (Wildman–Crippen LogP) is 4.26. The molecule has 108 valence electrons. The summed E-state index contributed by atoms with van der Waals surface area (Å²) in [4.78, 5) is 7.28. The molecule has 1 aromatic carbocycles. The predicted molar refractivity (Wildman–Crippen MR) is 86.6 cm³/mol. The summed E-state index contributed by atoms with van der Waals surface area (Å²) >= 11 is 5.43. The van der Waals surface area contributed by atoms with Crippen molar-refractivity contribution in [2.24, 2.45) is 0 Å². The highest BCUT2D eigenvalue weighted by Crippen LogP contribution is 2.23. The van der Waals surface area contributed by atoms with Gasteiger partial charge in [0.1, 0.15) is 5.75 Å². The zero-order chi connectivity index (χ0) is 14.8. The highest BCUT2D eigenvalue weighted by molar-refractivity contribution is 7.71. The van der Waals surface area contributed by atoms with E-state index in [1.54, 1.807) is 12.4 Å². The van der Waals surface area contributed by atoms with E-state index in [4.69, 9.17) is 17.0 Å². The Bertz CT molecular complexity index is 822. The van der Waals surface area contributed by atoms with Gasteiger partial charge < -0.3 is 9.72 Å². The Morgan fingerprint density at radius 3 is 3.05 bits per heavy atom. The fraction of sp³-hybridized carbons (Fsp3) is 0.250. The van der Waals surface area contributed by atoms with Crippen LogP contribution in [0.25, 0.3) is 16.7 Å². The van der Waals surface area contributed by atoms with Gasteiger partial charge in [0.15, 0.2) is 4.77 Å². The van der Waals surface area contributed by atoms with Crippen LogP contribution in [0.5, 0.6) is 5.75 Å². The highest BCUT2D eigenvalue weighted by Gasteiger charge is 2.08. The molecule has 0 aliphatic heterocycles. The number of pyridine rings is 1. The van der Waals surface area contributed by atoms with Crippen LogP contribution in [0.1, 0.15) is 20.3 Å². The van der Waals surface area contributed by atoms with Gasteiger partial charge in [-0.3, -0.25) is 9.55 Å². The minimum absolute atomic E-state index is 0.195. The van der Waals surface area contributed by atoms with E-state index in [0.717, 1.165) is 28.9 Å². The van der Waals surface area contributed by atoms with Gasteiger partial charge in [0.05, 0.1) is 29.0 Å². The van der Waals surface area contributed by atoms with Gasteiger partial charge in [-0.1, -0.05) is 13.0 Å². The van der Waals surface area contributed by atoms with Gasteiger partial charge in [-0.15, -0.1) is 0 Å². The lowest BCUT2D eigenvalue weighted by Crippen LogP contribution is -2.09. The first-order valence-electron chi connectivity index (χ1n) is 7.01. The van der Waals surface area contributed by atoms with Gasteiger partial charge >= 0.3 is 0 Å². The van der Waals surface area contributed by atoms with Crippen LogP contribution in [0, 0.1) is 4.77 Å². The summed E-state index contributed by atoms with van der Waals surface area (Å²) in [5.74, 6) is 0.854. The van der Waals surface area contributed by atoms with Crippen LogP contribution in [0.15, 0.2) is 42.7 Å². The first-order valence-corrected chi connectivity index (χ1v) is 7.41. The number of nitrogens with one attached hydrogen (secondary N) is 1. The van der Waals surface area contributed by atoms with Crippen molar-refractivity contribution >= 4 is 23.3 Å². The van der Waals surface area contributed by atoms with Crippen LogP contribution in [0.4, 0.5) is 0 Å². The van der Waals surface area contributed by atoms with Crippen molar-refractivity contribution < 1.29 is 4.74 Å². The zero-order valence-electron chi connectivity index (χ0n) is 12.0. The molecular weight excluding hydrogens is 282 g/mol. The first kappa shape index (κ1) is 13.8. The molecule has 2 heterocycles. The number of aromatic nitrogens is 3. The molecule has 1 atom stereocenters. The quantitative estimate of drug-likeness (QED) is 0.732. The van der Waals surface area contributed by atoms with Gasteiger partial charge in [0.25, 0.3) is 0 Å². The summed E-state index contributed by atoms with van der Waals surface area (Å²) in [5.41, 5.74) is 2.92. The number of hydrogen-bond acceptors (Lipinski definition) is 3. The zero-order valence-corrected chi connectivity index (χ0v) is 12.9. The van der Waals surface area contributed by atoms with Crippen LogP contribution in [-0.2, 0) is 0 Å². The van der Waals surface area contributed by atoms with Crippen molar-refractivity contribution in [2.75, 3.05) is 0 Å². The molecule has 0 aliphatic carbocycles. The molecule has 0 bridgehead atoms. The Morgan fingerprint density at radius 1 is 1.38 bits per heavy atom. The SMILES string of the molecule is CCC(C)Oc1cccc(-n2c(=S)[nH]c3cnccc32)c1. The average Bonchev–Trinajstić information content (AvgIpc) is 2.83. The lowest BCUT2D eigenvalue weighted by molar-refractivity contribution is 0.217. The second-order valence-electron chi connectivity index (χ2n) is 4.99. The van der Waals surface area contributed by atoms with Crippen LogP contribution in [-0.4, -0.2) is 20.6 Å². The molecule has 5 heteroatoms. The van der Waals surface area contributed by atoms with E-state index < -0.39 is 0 Å². The summed E-state index contributed by atoms with van der Waals surface area (Å²) in [5, 5.41) is 0.